The van der Waals surface area contributed by atoms with Gasteiger partial charge in [-0.1, -0.05) is 13.8 Å². The van der Waals surface area contributed by atoms with Gasteiger partial charge in [-0.05, 0) is 80.5 Å². The maximum Gasteiger partial charge on any atom is 0.167 e. The lowest BCUT2D eigenvalue weighted by atomic mass is 9.45. The van der Waals surface area contributed by atoms with Crippen molar-refractivity contribution in [1.82, 2.24) is 0 Å². The Morgan fingerprint density at radius 2 is 1.73 bits per heavy atom. The number of aliphatic hydroxyl groups is 2. The number of fused-ring (bicyclic) bond motifs is 5. The third-order valence-electron chi connectivity index (χ3n) is 8.37. The third-order valence-corrected chi connectivity index (χ3v) is 8.37. The molecule has 0 bridgehead atoms. The highest BCUT2D eigenvalue weighted by atomic mass is 16.3. The summed E-state index contributed by atoms with van der Waals surface area (Å²) in [6.45, 7) is 4.57. The number of Topliss-reactive ketones (excluding diaryl/α,β-unsaturated/α-hetero) is 1. The number of rotatable bonds is 0. The van der Waals surface area contributed by atoms with Crippen LogP contribution in [0.5, 0.6) is 0 Å². The van der Waals surface area contributed by atoms with E-state index >= 15 is 0 Å². The fourth-order valence-corrected chi connectivity index (χ4v) is 7.02. The zero-order valence-corrected chi connectivity index (χ0v) is 13.9. The van der Waals surface area contributed by atoms with Crippen LogP contribution in [0.4, 0.5) is 0 Å². The molecule has 0 radical (unpaired) electrons. The highest BCUT2D eigenvalue weighted by Crippen LogP contribution is 2.65. The predicted molar refractivity (Wildman–Crippen MR) is 84.1 cm³/mol. The fraction of sp³-hybridized carbons (Fsp3) is 0.947. The van der Waals surface area contributed by atoms with E-state index in [2.05, 4.69) is 13.8 Å². The average Bonchev–Trinajstić information content (AvgIpc) is 2.72. The summed E-state index contributed by atoms with van der Waals surface area (Å²) in [7, 11) is 0. The van der Waals surface area contributed by atoms with Crippen molar-refractivity contribution >= 4 is 5.78 Å². The zero-order valence-electron chi connectivity index (χ0n) is 13.9. The second kappa shape index (κ2) is 4.80. The Bertz CT molecular complexity index is 489. The Labute approximate surface area is 133 Å². The minimum absolute atomic E-state index is 0.0987. The standard InChI is InChI=1S/C19H30O3/c1-18-7-5-12(20)9-11(18)3-4-13-14(18)6-8-19(2)15(13)10-16(21)17(19)22/h11-16,20-21H,3-10H2,1-2H3/t11-,12+,13?,14?,15?,16+,18-,19-/m0/s1. The molecule has 3 unspecified atom stereocenters. The van der Waals surface area contributed by atoms with Crippen molar-refractivity contribution < 1.29 is 15.0 Å². The van der Waals surface area contributed by atoms with Crippen LogP contribution in [0.2, 0.25) is 0 Å². The molecule has 0 spiro atoms. The first-order chi connectivity index (χ1) is 10.4. The van der Waals surface area contributed by atoms with Crippen molar-refractivity contribution in [1.29, 1.82) is 0 Å². The van der Waals surface area contributed by atoms with E-state index in [1.807, 2.05) is 0 Å². The summed E-state index contributed by atoms with van der Waals surface area (Å²) in [5.74, 6) is 2.45. The monoisotopic (exact) mass is 306 g/mol. The minimum Gasteiger partial charge on any atom is -0.393 e. The van der Waals surface area contributed by atoms with Crippen molar-refractivity contribution in [3.05, 3.63) is 0 Å². The topological polar surface area (TPSA) is 57.5 Å². The highest BCUT2D eigenvalue weighted by molar-refractivity contribution is 5.91. The summed E-state index contributed by atoms with van der Waals surface area (Å²) in [5, 5.41) is 20.2. The van der Waals surface area contributed by atoms with Gasteiger partial charge < -0.3 is 10.2 Å². The van der Waals surface area contributed by atoms with Gasteiger partial charge in [-0.25, -0.2) is 0 Å². The third kappa shape index (κ3) is 1.84. The normalized spacial score (nSPS) is 57.9. The number of carbonyl (C=O) groups excluding carboxylic acids is 1. The van der Waals surface area contributed by atoms with Gasteiger partial charge >= 0.3 is 0 Å². The van der Waals surface area contributed by atoms with Gasteiger partial charge in [0.15, 0.2) is 5.78 Å². The predicted octanol–water partition coefficient (Wildman–Crippen LogP) is 2.93. The van der Waals surface area contributed by atoms with E-state index in [0.29, 0.717) is 35.5 Å². The van der Waals surface area contributed by atoms with Crippen molar-refractivity contribution in [2.24, 2.45) is 34.5 Å². The number of hydrogen-bond acceptors (Lipinski definition) is 3. The highest BCUT2D eigenvalue weighted by Gasteiger charge is 2.62. The van der Waals surface area contributed by atoms with E-state index in [9.17, 15) is 15.0 Å². The maximum atomic E-state index is 12.5. The van der Waals surface area contributed by atoms with Crippen LogP contribution in [0.3, 0.4) is 0 Å². The van der Waals surface area contributed by atoms with E-state index in [-0.39, 0.29) is 17.3 Å². The first-order valence-corrected chi connectivity index (χ1v) is 9.26. The van der Waals surface area contributed by atoms with Crippen LogP contribution < -0.4 is 0 Å². The van der Waals surface area contributed by atoms with Crippen LogP contribution in [0, 0.1) is 34.5 Å². The molecule has 4 fully saturated rings. The van der Waals surface area contributed by atoms with Crippen LogP contribution in [0.25, 0.3) is 0 Å². The fourth-order valence-electron chi connectivity index (χ4n) is 7.02. The smallest absolute Gasteiger partial charge is 0.167 e. The molecule has 4 rings (SSSR count). The number of hydrogen-bond donors (Lipinski definition) is 2. The molecule has 0 aliphatic heterocycles. The number of ketones is 1. The molecular weight excluding hydrogens is 276 g/mol. The molecule has 4 saturated carbocycles. The Balaban J connectivity index is 1.64. The molecule has 0 aromatic carbocycles. The van der Waals surface area contributed by atoms with Gasteiger partial charge in [-0.15, -0.1) is 0 Å². The molecule has 2 N–H and O–H groups in total. The molecule has 0 amide bonds. The Morgan fingerprint density at radius 3 is 2.50 bits per heavy atom. The van der Waals surface area contributed by atoms with Gasteiger partial charge in [0, 0.05) is 5.41 Å². The average molecular weight is 306 g/mol. The second-order valence-corrected chi connectivity index (χ2v) is 9.16. The van der Waals surface area contributed by atoms with Crippen LogP contribution in [0.1, 0.15) is 65.2 Å². The van der Waals surface area contributed by atoms with E-state index in [0.717, 1.165) is 32.1 Å². The van der Waals surface area contributed by atoms with E-state index in [1.165, 1.54) is 12.8 Å². The summed E-state index contributed by atoms with van der Waals surface area (Å²) in [6.07, 6.45) is 7.43. The lowest BCUT2D eigenvalue weighted by Crippen LogP contribution is -2.54. The molecule has 3 nitrogen and oxygen atoms in total. The van der Waals surface area contributed by atoms with Gasteiger partial charge in [0.05, 0.1) is 6.10 Å². The van der Waals surface area contributed by atoms with Crippen LogP contribution in [-0.4, -0.2) is 28.2 Å². The molecule has 0 saturated heterocycles. The molecule has 0 heterocycles. The lowest BCUT2D eigenvalue weighted by molar-refractivity contribution is -0.144. The van der Waals surface area contributed by atoms with Crippen LogP contribution in [-0.2, 0) is 4.79 Å². The largest absolute Gasteiger partial charge is 0.393 e. The molecule has 8 atom stereocenters. The summed E-state index contributed by atoms with van der Waals surface area (Å²) in [6, 6.07) is 0. The van der Waals surface area contributed by atoms with Gasteiger partial charge in [-0.2, -0.15) is 0 Å². The molecule has 0 aromatic heterocycles. The molecular formula is C19H30O3. The molecule has 124 valence electrons. The number of carbonyl (C=O) groups is 1. The van der Waals surface area contributed by atoms with Crippen LogP contribution >= 0.6 is 0 Å². The van der Waals surface area contributed by atoms with Crippen molar-refractivity contribution in [3.63, 3.8) is 0 Å². The summed E-state index contributed by atoms with van der Waals surface area (Å²) >= 11 is 0. The zero-order chi connectivity index (χ0) is 15.7. The quantitative estimate of drug-likeness (QED) is 0.723. The SMILES string of the molecule is C[C@]12CCC3C(CC[C@H]4C[C@H](O)CC[C@]34C)C1C[C@@H](O)C2=O. The van der Waals surface area contributed by atoms with Gasteiger partial charge in [0.1, 0.15) is 6.10 Å². The maximum absolute atomic E-state index is 12.5. The Hall–Kier alpha value is -0.410. The number of aliphatic hydroxyl groups excluding tert-OH is 2. The lowest BCUT2D eigenvalue weighted by Gasteiger charge is -2.59. The van der Waals surface area contributed by atoms with Crippen LogP contribution in [0.15, 0.2) is 0 Å². The van der Waals surface area contributed by atoms with E-state index in [4.69, 9.17) is 0 Å². The molecule has 0 aromatic rings. The van der Waals surface area contributed by atoms with Gasteiger partial charge in [-0.3, -0.25) is 4.79 Å². The first-order valence-electron chi connectivity index (χ1n) is 9.26. The summed E-state index contributed by atoms with van der Waals surface area (Å²) in [5.41, 5.74) is 0.0814. The Kier molecular flexibility index (Phi) is 3.30. The van der Waals surface area contributed by atoms with Crippen molar-refractivity contribution in [2.75, 3.05) is 0 Å². The van der Waals surface area contributed by atoms with E-state index < -0.39 is 6.10 Å². The summed E-state index contributed by atoms with van der Waals surface area (Å²) in [4.78, 5) is 12.5. The summed E-state index contributed by atoms with van der Waals surface area (Å²) < 4.78 is 0. The first kappa shape index (κ1) is 15.1. The van der Waals surface area contributed by atoms with Gasteiger partial charge in [0.25, 0.3) is 0 Å². The minimum atomic E-state index is -0.715. The second-order valence-electron chi connectivity index (χ2n) is 9.16. The molecule has 22 heavy (non-hydrogen) atoms. The van der Waals surface area contributed by atoms with Gasteiger partial charge in [0.2, 0.25) is 0 Å². The molecule has 4 aliphatic rings. The molecule has 4 aliphatic carbocycles. The Morgan fingerprint density at radius 1 is 0.955 bits per heavy atom. The van der Waals surface area contributed by atoms with Crippen molar-refractivity contribution in [2.45, 2.75) is 77.4 Å². The molecule has 3 heteroatoms. The van der Waals surface area contributed by atoms with E-state index in [1.54, 1.807) is 0 Å². The van der Waals surface area contributed by atoms with Crippen molar-refractivity contribution in [3.8, 4) is 0 Å².